The van der Waals surface area contributed by atoms with Crippen LogP contribution in [0, 0.1) is 0 Å². The van der Waals surface area contributed by atoms with Gasteiger partial charge in [0.2, 0.25) is 0 Å². The van der Waals surface area contributed by atoms with Crippen LogP contribution in [-0.4, -0.2) is 41.0 Å². The Morgan fingerprint density at radius 1 is 0.909 bits per heavy atom. The Labute approximate surface area is 130 Å². The van der Waals surface area contributed by atoms with E-state index < -0.39 is 0 Å². The van der Waals surface area contributed by atoms with Crippen molar-refractivity contribution in [3.8, 4) is 0 Å². The molecule has 0 unspecified atom stereocenters. The van der Waals surface area contributed by atoms with Gasteiger partial charge < -0.3 is 21.3 Å². The highest BCUT2D eigenvalue weighted by molar-refractivity contribution is 5.58. The largest absolute Gasteiger partial charge is 0.397 e. The maximum Gasteiger partial charge on any atom is 0.134 e. The standard InChI is InChI=1S/C16H22N6/c17-13-3-5-15(19-11-13)22(10-9-21-7-1-2-8-21)16-6-4-14(18)12-20-16/h3-6,11-12H,1-2,7-10,17-18H2. The number of rotatable bonds is 5. The molecule has 2 aromatic rings. The minimum absolute atomic E-state index is 0.661. The van der Waals surface area contributed by atoms with E-state index in [4.69, 9.17) is 11.5 Å². The summed E-state index contributed by atoms with van der Waals surface area (Å²) in [5.41, 5.74) is 12.8. The molecule has 22 heavy (non-hydrogen) atoms. The van der Waals surface area contributed by atoms with Gasteiger partial charge in [-0.1, -0.05) is 0 Å². The van der Waals surface area contributed by atoms with Crippen LogP contribution in [0.25, 0.3) is 0 Å². The van der Waals surface area contributed by atoms with Crippen molar-refractivity contribution >= 4 is 23.0 Å². The number of hydrogen-bond donors (Lipinski definition) is 2. The van der Waals surface area contributed by atoms with Gasteiger partial charge in [-0.05, 0) is 50.2 Å². The number of nitrogen functional groups attached to an aromatic ring is 2. The van der Waals surface area contributed by atoms with Crippen molar-refractivity contribution in [1.82, 2.24) is 14.9 Å². The Morgan fingerprint density at radius 3 is 1.91 bits per heavy atom. The van der Waals surface area contributed by atoms with E-state index in [1.807, 2.05) is 24.3 Å². The molecule has 4 N–H and O–H groups in total. The molecule has 0 saturated carbocycles. The van der Waals surface area contributed by atoms with Crippen LogP contribution in [0.4, 0.5) is 23.0 Å². The molecule has 0 spiro atoms. The van der Waals surface area contributed by atoms with E-state index in [9.17, 15) is 0 Å². The second-order valence-electron chi connectivity index (χ2n) is 5.60. The first-order chi connectivity index (χ1) is 10.7. The zero-order valence-corrected chi connectivity index (χ0v) is 12.7. The van der Waals surface area contributed by atoms with Gasteiger partial charge in [-0.25, -0.2) is 9.97 Å². The van der Waals surface area contributed by atoms with E-state index in [2.05, 4.69) is 19.8 Å². The molecule has 6 heteroatoms. The summed E-state index contributed by atoms with van der Waals surface area (Å²) < 4.78 is 0. The van der Waals surface area contributed by atoms with Crippen LogP contribution >= 0.6 is 0 Å². The zero-order chi connectivity index (χ0) is 15.4. The fourth-order valence-electron chi connectivity index (χ4n) is 2.71. The number of hydrogen-bond acceptors (Lipinski definition) is 6. The van der Waals surface area contributed by atoms with Gasteiger partial charge in [-0.15, -0.1) is 0 Å². The summed E-state index contributed by atoms with van der Waals surface area (Å²) in [4.78, 5) is 13.4. The molecule has 3 rings (SSSR count). The van der Waals surface area contributed by atoms with Crippen molar-refractivity contribution in [2.45, 2.75) is 12.8 Å². The molecule has 1 aliphatic heterocycles. The second kappa shape index (κ2) is 6.62. The fourth-order valence-corrected chi connectivity index (χ4v) is 2.71. The number of likely N-dealkylation sites (tertiary alicyclic amines) is 1. The minimum atomic E-state index is 0.661. The van der Waals surface area contributed by atoms with Crippen LogP contribution < -0.4 is 16.4 Å². The Hall–Kier alpha value is -2.34. The van der Waals surface area contributed by atoms with Crippen molar-refractivity contribution in [2.75, 3.05) is 42.5 Å². The lowest BCUT2D eigenvalue weighted by Gasteiger charge is -2.25. The molecule has 6 nitrogen and oxygen atoms in total. The van der Waals surface area contributed by atoms with Crippen molar-refractivity contribution in [3.05, 3.63) is 36.7 Å². The highest BCUT2D eigenvalue weighted by Gasteiger charge is 2.16. The molecule has 0 amide bonds. The molecule has 1 fully saturated rings. The second-order valence-corrected chi connectivity index (χ2v) is 5.60. The van der Waals surface area contributed by atoms with Crippen molar-refractivity contribution in [3.63, 3.8) is 0 Å². The average Bonchev–Trinajstić information content (AvgIpc) is 3.04. The van der Waals surface area contributed by atoms with Crippen LogP contribution in [0.15, 0.2) is 36.7 Å². The summed E-state index contributed by atoms with van der Waals surface area (Å²) in [7, 11) is 0. The Balaban J connectivity index is 1.80. The van der Waals surface area contributed by atoms with Crippen molar-refractivity contribution in [2.24, 2.45) is 0 Å². The Kier molecular flexibility index (Phi) is 4.39. The predicted molar refractivity (Wildman–Crippen MR) is 90.0 cm³/mol. The number of anilines is 4. The lowest BCUT2D eigenvalue weighted by atomic mass is 10.3. The third kappa shape index (κ3) is 3.46. The molecular weight excluding hydrogens is 276 g/mol. The highest BCUT2D eigenvalue weighted by atomic mass is 15.3. The summed E-state index contributed by atoms with van der Waals surface area (Å²) >= 11 is 0. The van der Waals surface area contributed by atoms with Gasteiger partial charge in [0.05, 0.1) is 23.8 Å². The fraction of sp³-hybridized carbons (Fsp3) is 0.375. The first kappa shape index (κ1) is 14.6. The maximum atomic E-state index is 5.74. The van der Waals surface area contributed by atoms with Gasteiger partial charge in [-0.2, -0.15) is 0 Å². The van der Waals surface area contributed by atoms with E-state index in [1.54, 1.807) is 12.4 Å². The summed E-state index contributed by atoms with van der Waals surface area (Å²) in [6, 6.07) is 7.58. The SMILES string of the molecule is Nc1ccc(N(CCN2CCCC2)c2ccc(N)cn2)nc1. The molecule has 0 aromatic carbocycles. The van der Waals surface area contributed by atoms with Gasteiger partial charge in [-0.3, -0.25) is 0 Å². The van der Waals surface area contributed by atoms with Gasteiger partial charge >= 0.3 is 0 Å². The molecule has 0 radical (unpaired) electrons. The van der Waals surface area contributed by atoms with Crippen LogP contribution in [0.2, 0.25) is 0 Å². The number of nitrogens with two attached hydrogens (primary N) is 2. The normalized spacial score (nSPS) is 15.1. The van der Waals surface area contributed by atoms with E-state index in [1.165, 1.54) is 25.9 Å². The number of aromatic nitrogens is 2. The highest BCUT2D eigenvalue weighted by Crippen LogP contribution is 2.23. The smallest absolute Gasteiger partial charge is 0.134 e. The summed E-state index contributed by atoms with van der Waals surface area (Å²) in [6.07, 6.45) is 5.94. The molecule has 0 bridgehead atoms. The monoisotopic (exact) mass is 298 g/mol. The van der Waals surface area contributed by atoms with Gasteiger partial charge in [0.1, 0.15) is 11.6 Å². The zero-order valence-electron chi connectivity index (χ0n) is 12.7. The summed E-state index contributed by atoms with van der Waals surface area (Å²) in [6.45, 7) is 4.20. The van der Waals surface area contributed by atoms with Crippen LogP contribution in [0.5, 0.6) is 0 Å². The number of nitrogens with zero attached hydrogens (tertiary/aromatic N) is 4. The van der Waals surface area contributed by atoms with Crippen LogP contribution in [-0.2, 0) is 0 Å². The summed E-state index contributed by atoms with van der Waals surface area (Å²) in [5, 5.41) is 0. The first-order valence-electron chi connectivity index (χ1n) is 7.65. The predicted octanol–water partition coefficient (Wildman–Crippen LogP) is 1.87. The van der Waals surface area contributed by atoms with E-state index in [0.29, 0.717) is 11.4 Å². The van der Waals surface area contributed by atoms with Gasteiger partial charge in [0.25, 0.3) is 0 Å². The molecule has 1 saturated heterocycles. The quantitative estimate of drug-likeness (QED) is 0.876. The van der Waals surface area contributed by atoms with E-state index >= 15 is 0 Å². The van der Waals surface area contributed by atoms with Gasteiger partial charge in [0.15, 0.2) is 0 Å². The van der Waals surface area contributed by atoms with Crippen LogP contribution in [0.3, 0.4) is 0 Å². The third-order valence-electron chi connectivity index (χ3n) is 3.93. The molecule has 116 valence electrons. The molecule has 0 aliphatic carbocycles. The van der Waals surface area contributed by atoms with E-state index in [0.717, 1.165) is 24.7 Å². The number of pyridine rings is 2. The maximum absolute atomic E-state index is 5.74. The van der Waals surface area contributed by atoms with E-state index in [-0.39, 0.29) is 0 Å². The lowest BCUT2D eigenvalue weighted by Crippen LogP contribution is -2.32. The summed E-state index contributed by atoms with van der Waals surface area (Å²) in [5.74, 6) is 1.70. The van der Waals surface area contributed by atoms with Crippen LogP contribution in [0.1, 0.15) is 12.8 Å². The van der Waals surface area contributed by atoms with Crippen molar-refractivity contribution in [1.29, 1.82) is 0 Å². The first-order valence-corrected chi connectivity index (χ1v) is 7.65. The topological polar surface area (TPSA) is 84.3 Å². The molecule has 0 atom stereocenters. The molecule has 3 heterocycles. The Morgan fingerprint density at radius 2 is 1.45 bits per heavy atom. The Bertz CT molecular complexity index is 544. The average molecular weight is 298 g/mol. The molecular formula is C16H22N6. The van der Waals surface area contributed by atoms with Gasteiger partial charge in [0, 0.05) is 13.1 Å². The minimum Gasteiger partial charge on any atom is -0.397 e. The molecule has 2 aromatic heterocycles. The van der Waals surface area contributed by atoms with Crippen molar-refractivity contribution < 1.29 is 0 Å². The third-order valence-corrected chi connectivity index (χ3v) is 3.93. The lowest BCUT2D eigenvalue weighted by molar-refractivity contribution is 0.347. The molecule has 1 aliphatic rings.